The highest BCUT2D eigenvalue weighted by Crippen LogP contribution is 2.31. The Morgan fingerprint density at radius 2 is 1.88 bits per heavy atom. The van der Waals surface area contributed by atoms with E-state index in [0.29, 0.717) is 31.8 Å². The van der Waals surface area contributed by atoms with Crippen molar-refractivity contribution in [2.24, 2.45) is 5.92 Å². The SMILES string of the molecule is COC(=O)C(C(C)C)N(CCCc1cccnc1)S(=O)(=O)N1CCC(c2ccc(Br)cc2)CC1. The van der Waals surface area contributed by atoms with Crippen LogP contribution in [0.15, 0.2) is 53.3 Å². The second-order valence-corrected chi connectivity index (χ2v) is 11.8. The normalized spacial score (nSPS) is 16.6. The van der Waals surface area contributed by atoms with Crippen LogP contribution in [0.1, 0.15) is 50.2 Å². The first-order chi connectivity index (χ1) is 16.2. The zero-order valence-electron chi connectivity index (χ0n) is 20.1. The lowest BCUT2D eigenvalue weighted by atomic mass is 9.90. The zero-order valence-corrected chi connectivity index (χ0v) is 22.5. The van der Waals surface area contributed by atoms with Crippen molar-refractivity contribution in [3.63, 3.8) is 0 Å². The Kier molecular flexibility index (Phi) is 9.65. The van der Waals surface area contributed by atoms with Gasteiger partial charge in [-0.1, -0.05) is 48.0 Å². The fourth-order valence-corrected chi connectivity index (χ4v) is 6.74. The number of hydrogen-bond donors (Lipinski definition) is 0. The van der Waals surface area contributed by atoms with Crippen LogP contribution < -0.4 is 0 Å². The number of aryl methyl sites for hydroxylation is 1. The molecule has 34 heavy (non-hydrogen) atoms. The second kappa shape index (κ2) is 12.2. The first-order valence-electron chi connectivity index (χ1n) is 11.7. The summed E-state index contributed by atoms with van der Waals surface area (Å²) in [5.74, 6) is -0.425. The summed E-state index contributed by atoms with van der Waals surface area (Å²) < 4.78 is 36.5. The quantitative estimate of drug-likeness (QED) is 0.409. The van der Waals surface area contributed by atoms with Crippen molar-refractivity contribution in [1.29, 1.82) is 0 Å². The number of halogens is 1. The van der Waals surface area contributed by atoms with E-state index >= 15 is 0 Å². The van der Waals surface area contributed by atoms with Gasteiger partial charge in [-0.3, -0.25) is 9.78 Å². The highest BCUT2D eigenvalue weighted by Gasteiger charge is 2.41. The van der Waals surface area contributed by atoms with Crippen molar-refractivity contribution in [2.75, 3.05) is 26.7 Å². The van der Waals surface area contributed by atoms with E-state index in [1.807, 2.05) is 38.1 Å². The van der Waals surface area contributed by atoms with Crippen LogP contribution in [0.3, 0.4) is 0 Å². The molecule has 0 saturated carbocycles. The topological polar surface area (TPSA) is 79.8 Å². The maximum Gasteiger partial charge on any atom is 0.324 e. The number of benzene rings is 1. The molecule has 9 heteroatoms. The minimum absolute atomic E-state index is 0.221. The Balaban J connectivity index is 1.76. The maximum absolute atomic E-state index is 13.8. The van der Waals surface area contributed by atoms with Crippen molar-refractivity contribution in [3.8, 4) is 0 Å². The number of carbonyl (C=O) groups is 1. The molecule has 0 spiro atoms. The predicted molar refractivity (Wildman–Crippen MR) is 137 cm³/mol. The second-order valence-electron chi connectivity index (χ2n) is 9.02. The molecule has 1 saturated heterocycles. The van der Waals surface area contributed by atoms with Crippen molar-refractivity contribution < 1.29 is 17.9 Å². The highest BCUT2D eigenvalue weighted by atomic mass is 79.9. The highest BCUT2D eigenvalue weighted by molar-refractivity contribution is 9.10. The van der Waals surface area contributed by atoms with Crippen LogP contribution in [-0.2, 0) is 26.2 Å². The molecule has 0 amide bonds. The number of hydrogen-bond acceptors (Lipinski definition) is 5. The molecule has 1 fully saturated rings. The average molecular weight is 553 g/mol. The van der Waals surface area contributed by atoms with Gasteiger partial charge in [0.15, 0.2) is 0 Å². The summed E-state index contributed by atoms with van der Waals surface area (Å²) in [6, 6.07) is 11.2. The molecular formula is C25H34BrN3O4S. The van der Waals surface area contributed by atoms with E-state index < -0.39 is 22.2 Å². The number of pyridine rings is 1. The van der Waals surface area contributed by atoms with Crippen LogP contribution in [0.4, 0.5) is 0 Å². The fraction of sp³-hybridized carbons (Fsp3) is 0.520. The number of esters is 1. The van der Waals surface area contributed by atoms with Gasteiger partial charge in [-0.05, 0) is 66.8 Å². The Bertz CT molecular complexity index is 1020. The number of methoxy groups -OCH3 is 1. The first kappa shape index (κ1) is 26.8. The Hall–Kier alpha value is -1.81. The Labute approximate surface area is 211 Å². The van der Waals surface area contributed by atoms with Gasteiger partial charge in [-0.2, -0.15) is 17.0 Å². The first-order valence-corrected chi connectivity index (χ1v) is 13.9. The Morgan fingerprint density at radius 3 is 2.44 bits per heavy atom. The molecule has 1 atom stereocenters. The fourth-order valence-electron chi connectivity index (χ4n) is 4.53. The third kappa shape index (κ3) is 6.65. The van der Waals surface area contributed by atoms with Gasteiger partial charge in [0.1, 0.15) is 6.04 Å². The molecule has 2 heterocycles. The van der Waals surface area contributed by atoms with Crippen LogP contribution in [0.5, 0.6) is 0 Å². The van der Waals surface area contributed by atoms with Gasteiger partial charge in [0.2, 0.25) is 0 Å². The van der Waals surface area contributed by atoms with E-state index in [1.165, 1.54) is 21.3 Å². The molecule has 3 rings (SSSR count). The predicted octanol–water partition coefficient (Wildman–Crippen LogP) is 4.40. The lowest BCUT2D eigenvalue weighted by molar-refractivity contribution is -0.146. The molecule has 1 aliphatic heterocycles. The van der Waals surface area contributed by atoms with Crippen LogP contribution >= 0.6 is 15.9 Å². The van der Waals surface area contributed by atoms with Crippen molar-refractivity contribution in [2.45, 2.75) is 51.5 Å². The summed E-state index contributed by atoms with van der Waals surface area (Å²) in [5.41, 5.74) is 2.26. The largest absolute Gasteiger partial charge is 0.468 e. The van der Waals surface area contributed by atoms with Gasteiger partial charge in [0.25, 0.3) is 10.2 Å². The molecule has 0 N–H and O–H groups in total. The average Bonchev–Trinajstić information content (AvgIpc) is 2.84. The molecule has 186 valence electrons. The Morgan fingerprint density at radius 1 is 1.21 bits per heavy atom. The number of nitrogens with zero attached hydrogens (tertiary/aromatic N) is 3. The number of carbonyl (C=O) groups excluding carboxylic acids is 1. The third-order valence-electron chi connectivity index (χ3n) is 6.37. The van der Waals surface area contributed by atoms with Crippen LogP contribution in [0.2, 0.25) is 0 Å². The van der Waals surface area contributed by atoms with Gasteiger partial charge in [-0.25, -0.2) is 0 Å². The summed E-state index contributed by atoms with van der Waals surface area (Å²) in [4.78, 5) is 16.8. The van der Waals surface area contributed by atoms with E-state index in [2.05, 4.69) is 33.0 Å². The number of rotatable bonds is 10. The van der Waals surface area contributed by atoms with E-state index in [4.69, 9.17) is 4.74 Å². The van der Waals surface area contributed by atoms with Gasteiger partial charge >= 0.3 is 5.97 Å². The van der Waals surface area contributed by atoms with Crippen LogP contribution in [0.25, 0.3) is 0 Å². The van der Waals surface area contributed by atoms with Crippen molar-refractivity contribution >= 4 is 32.1 Å². The van der Waals surface area contributed by atoms with Gasteiger partial charge < -0.3 is 4.74 Å². The lowest BCUT2D eigenvalue weighted by Gasteiger charge is -2.38. The number of aromatic nitrogens is 1. The van der Waals surface area contributed by atoms with Gasteiger partial charge in [0, 0.05) is 36.5 Å². The number of ether oxygens (including phenoxy) is 1. The third-order valence-corrected chi connectivity index (χ3v) is 8.92. The smallest absolute Gasteiger partial charge is 0.324 e. The summed E-state index contributed by atoms with van der Waals surface area (Å²) in [7, 11) is -2.54. The molecule has 7 nitrogen and oxygen atoms in total. The maximum atomic E-state index is 13.8. The molecule has 0 radical (unpaired) electrons. The van der Waals surface area contributed by atoms with E-state index in [0.717, 1.165) is 22.9 Å². The van der Waals surface area contributed by atoms with E-state index in [9.17, 15) is 13.2 Å². The van der Waals surface area contributed by atoms with Gasteiger partial charge in [-0.15, -0.1) is 0 Å². The molecule has 0 aliphatic carbocycles. The molecule has 1 aromatic heterocycles. The standard InChI is InChI=1S/C25H34BrN3O4S/c1-19(2)24(25(30)33-3)29(15-5-7-20-6-4-14-27-18-20)34(31,32)28-16-12-22(13-17-28)21-8-10-23(26)11-9-21/h4,6,8-11,14,18-19,22,24H,5,7,12-13,15-17H2,1-3H3. The van der Waals surface area contributed by atoms with Crippen LogP contribution in [0, 0.1) is 5.92 Å². The lowest BCUT2D eigenvalue weighted by Crippen LogP contribution is -2.55. The molecule has 1 aliphatic rings. The minimum atomic E-state index is -3.85. The molecule has 1 unspecified atom stereocenters. The zero-order chi connectivity index (χ0) is 24.7. The monoisotopic (exact) mass is 551 g/mol. The molecule has 1 aromatic carbocycles. The molecule has 2 aromatic rings. The summed E-state index contributed by atoms with van der Waals surface area (Å²) >= 11 is 3.46. The number of piperidine rings is 1. The molecular weight excluding hydrogens is 518 g/mol. The van der Waals surface area contributed by atoms with Gasteiger partial charge in [0.05, 0.1) is 7.11 Å². The van der Waals surface area contributed by atoms with E-state index in [1.54, 1.807) is 12.4 Å². The summed E-state index contributed by atoms with van der Waals surface area (Å²) in [6.07, 6.45) is 6.25. The van der Waals surface area contributed by atoms with Crippen LogP contribution in [-0.4, -0.2) is 60.8 Å². The summed E-state index contributed by atoms with van der Waals surface area (Å²) in [6.45, 7) is 4.79. The minimum Gasteiger partial charge on any atom is -0.468 e. The summed E-state index contributed by atoms with van der Waals surface area (Å²) in [5, 5.41) is 0. The van der Waals surface area contributed by atoms with Crippen molar-refractivity contribution in [1.82, 2.24) is 13.6 Å². The van der Waals surface area contributed by atoms with E-state index in [-0.39, 0.29) is 12.5 Å². The van der Waals surface area contributed by atoms with Crippen molar-refractivity contribution in [3.05, 3.63) is 64.4 Å². The molecule has 0 bridgehead atoms.